The molecule has 0 spiro atoms. The molecule has 0 atom stereocenters. The molecule has 134 valence electrons. The molecule has 0 aromatic heterocycles. The zero-order chi connectivity index (χ0) is 17.9. The van der Waals surface area contributed by atoms with Gasteiger partial charge in [-0.1, -0.05) is 0 Å². The van der Waals surface area contributed by atoms with Crippen LogP contribution in [0.5, 0.6) is 11.5 Å². The molecular formula is C17H28N4O3. The minimum atomic E-state index is 0.0102. The Morgan fingerprint density at radius 2 is 2.04 bits per heavy atom. The summed E-state index contributed by atoms with van der Waals surface area (Å²) in [6, 6.07) is 5.70. The van der Waals surface area contributed by atoms with Crippen LogP contribution < -0.4 is 25.4 Å². The van der Waals surface area contributed by atoms with E-state index in [0.29, 0.717) is 37.0 Å². The number of aliphatic imine (C=N–C) groups is 1. The van der Waals surface area contributed by atoms with Crippen molar-refractivity contribution in [2.24, 2.45) is 4.99 Å². The van der Waals surface area contributed by atoms with Crippen LogP contribution in [0.15, 0.2) is 23.2 Å². The van der Waals surface area contributed by atoms with E-state index >= 15 is 0 Å². The maximum atomic E-state index is 11.6. The highest BCUT2D eigenvalue weighted by Crippen LogP contribution is 2.30. The lowest BCUT2D eigenvalue weighted by Gasteiger charge is -2.15. The van der Waals surface area contributed by atoms with E-state index in [1.54, 1.807) is 14.2 Å². The molecule has 1 aromatic rings. The van der Waals surface area contributed by atoms with Gasteiger partial charge in [0.05, 0.1) is 13.7 Å². The van der Waals surface area contributed by atoms with Crippen molar-refractivity contribution in [1.82, 2.24) is 10.6 Å². The molecule has 0 aliphatic rings. The summed E-state index contributed by atoms with van der Waals surface area (Å²) in [6.45, 7) is 6.84. The van der Waals surface area contributed by atoms with Crippen molar-refractivity contribution in [1.29, 1.82) is 0 Å². The van der Waals surface area contributed by atoms with E-state index in [-0.39, 0.29) is 11.9 Å². The number of guanidine groups is 1. The highest BCUT2D eigenvalue weighted by molar-refractivity contribution is 5.94. The Hall–Kier alpha value is -2.44. The van der Waals surface area contributed by atoms with Gasteiger partial charge in [0.1, 0.15) is 0 Å². The van der Waals surface area contributed by atoms with Gasteiger partial charge in [-0.15, -0.1) is 0 Å². The van der Waals surface area contributed by atoms with E-state index in [0.717, 1.165) is 5.69 Å². The highest BCUT2D eigenvalue weighted by atomic mass is 16.5. The monoisotopic (exact) mass is 336 g/mol. The fourth-order valence-corrected chi connectivity index (χ4v) is 2.03. The largest absolute Gasteiger partial charge is 0.493 e. The summed E-state index contributed by atoms with van der Waals surface area (Å²) in [4.78, 5) is 15.8. The summed E-state index contributed by atoms with van der Waals surface area (Å²) in [7, 11) is 3.28. The van der Waals surface area contributed by atoms with Crippen molar-refractivity contribution in [2.45, 2.75) is 33.2 Å². The molecule has 1 aromatic carbocycles. The number of benzene rings is 1. The second-order valence-corrected chi connectivity index (χ2v) is 5.39. The molecule has 0 saturated carbocycles. The third-order valence-corrected chi connectivity index (χ3v) is 3.04. The van der Waals surface area contributed by atoms with Gasteiger partial charge in [-0.3, -0.25) is 9.79 Å². The lowest BCUT2D eigenvalue weighted by molar-refractivity contribution is -0.121. The lowest BCUT2D eigenvalue weighted by Crippen LogP contribution is -2.36. The molecule has 0 aliphatic heterocycles. The molecule has 24 heavy (non-hydrogen) atoms. The van der Waals surface area contributed by atoms with Crippen LogP contribution in [0, 0.1) is 0 Å². The van der Waals surface area contributed by atoms with Gasteiger partial charge in [-0.05, 0) is 32.9 Å². The van der Waals surface area contributed by atoms with Crippen LogP contribution in [-0.2, 0) is 4.79 Å². The Kier molecular flexibility index (Phi) is 8.46. The van der Waals surface area contributed by atoms with E-state index in [2.05, 4.69) is 20.9 Å². The second kappa shape index (κ2) is 10.4. The normalized spacial score (nSPS) is 11.2. The van der Waals surface area contributed by atoms with Gasteiger partial charge >= 0.3 is 0 Å². The summed E-state index contributed by atoms with van der Waals surface area (Å²) in [5.41, 5.74) is 0.819. The fourth-order valence-electron chi connectivity index (χ4n) is 2.03. The molecule has 0 unspecified atom stereocenters. The molecule has 0 fully saturated rings. The predicted octanol–water partition coefficient (Wildman–Crippen LogP) is 2.00. The van der Waals surface area contributed by atoms with Gasteiger partial charge in [0.2, 0.25) is 5.91 Å². The Labute approximate surface area is 143 Å². The van der Waals surface area contributed by atoms with Crippen molar-refractivity contribution >= 4 is 17.6 Å². The molecule has 0 radical (unpaired) electrons. The maximum Gasteiger partial charge on any atom is 0.221 e. The zero-order valence-corrected chi connectivity index (χ0v) is 15.1. The molecular weight excluding hydrogens is 308 g/mol. The lowest BCUT2D eigenvalue weighted by atomic mass is 10.2. The standard InChI is InChI=1S/C17H28N4O3/c1-6-24-15-11-13(7-8-14(15)23-5)21-17(18-4)19-10-9-16(22)20-12(2)3/h7-8,11-12H,6,9-10H2,1-5H3,(H,20,22)(H2,18,19,21). The van der Waals surface area contributed by atoms with Crippen molar-refractivity contribution < 1.29 is 14.3 Å². The summed E-state index contributed by atoms with van der Waals surface area (Å²) in [5.74, 6) is 1.93. The number of nitrogens with zero attached hydrogens (tertiary/aromatic N) is 1. The molecule has 0 bridgehead atoms. The first-order chi connectivity index (χ1) is 11.5. The first-order valence-corrected chi connectivity index (χ1v) is 8.08. The van der Waals surface area contributed by atoms with Gasteiger partial charge in [0.15, 0.2) is 17.5 Å². The predicted molar refractivity (Wildman–Crippen MR) is 97.0 cm³/mol. The number of anilines is 1. The highest BCUT2D eigenvalue weighted by Gasteiger charge is 2.08. The van der Waals surface area contributed by atoms with Gasteiger partial charge in [0, 0.05) is 37.8 Å². The quantitative estimate of drug-likeness (QED) is 0.499. The van der Waals surface area contributed by atoms with E-state index in [9.17, 15) is 4.79 Å². The number of carbonyl (C=O) groups is 1. The van der Waals surface area contributed by atoms with Crippen LogP contribution >= 0.6 is 0 Å². The van der Waals surface area contributed by atoms with Crippen molar-refractivity contribution in [3.63, 3.8) is 0 Å². The minimum Gasteiger partial charge on any atom is -0.493 e. The molecule has 1 rings (SSSR count). The number of carbonyl (C=O) groups excluding carboxylic acids is 1. The van der Waals surface area contributed by atoms with Crippen LogP contribution in [0.2, 0.25) is 0 Å². The fraction of sp³-hybridized carbons (Fsp3) is 0.529. The van der Waals surface area contributed by atoms with Crippen molar-refractivity contribution in [3.05, 3.63) is 18.2 Å². The maximum absolute atomic E-state index is 11.6. The smallest absolute Gasteiger partial charge is 0.221 e. The Bertz CT molecular complexity index is 559. The van der Waals surface area contributed by atoms with Gasteiger partial charge < -0.3 is 25.4 Å². The van der Waals surface area contributed by atoms with Gasteiger partial charge in [0.25, 0.3) is 0 Å². The molecule has 3 N–H and O–H groups in total. The first kappa shape index (κ1) is 19.6. The average molecular weight is 336 g/mol. The number of hydrogen-bond donors (Lipinski definition) is 3. The molecule has 0 aliphatic carbocycles. The number of amides is 1. The van der Waals surface area contributed by atoms with Crippen LogP contribution in [-0.4, -0.2) is 45.2 Å². The average Bonchev–Trinajstić information content (AvgIpc) is 2.53. The second-order valence-electron chi connectivity index (χ2n) is 5.39. The van der Waals surface area contributed by atoms with Gasteiger partial charge in [-0.2, -0.15) is 0 Å². The summed E-state index contributed by atoms with van der Waals surface area (Å²) < 4.78 is 10.8. The minimum absolute atomic E-state index is 0.0102. The molecule has 0 saturated heterocycles. The SMILES string of the molecule is CCOc1cc(NC(=NC)NCCC(=O)NC(C)C)ccc1OC. The number of hydrogen-bond acceptors (Lipinski definition) is 4. The molecule has 1 amide bonds. The summed E-state index contributed by atoms with van der Waals surface area (Å²) in [6.07, 6.45) is 0.381. The molecule has 0 heterocycles. The Morgan fingerprint density at radius 3 is 2.62 bits per heavy atom. The van der Waals surface area contributed by atoms with Crippen LogP contribution in [0.25, 0.3) is 0 Å². The number of methoxy groups -OCH3 is 1. The summed E-state index contributed by atoms with van der Waals surface area (Å²) >= 11 is 0. The van der Waals surface area contributed by atoms with Gasteiger partial charge in [-0.25, -0.2) is 0 Å². The van der Waals surface area contributed by atoms with Crippen LogP contribution in [0.1, 0.15) is 27.2 Å². The molecule has 7 nitrogen and oxygen atoms in total. The zero-order valence-electron chi connectivity index (χ0n) is 15.1. The van der Waals surface area contributed by atoms with E-state index < -0.39 is 0 Å². The number of nitrogens with one attached hydrogen (secondary N) is 3. The first-order valence-electron chi connectivity index (χ1n) is 8.08. The number of ether oxygens (including phenoxy) is 2. The van der Waals surface area contributed by atoms with E-state index in [4.69, 9.17) is 9.47 Å². The molecule has 7 heteroatoms. The Morgan fingerprint density at radius 1 is 1.29 bits per heavy atom. The Balaban J connectivity index is 2.59. The third kappa shape index (κ3) is 6.76. The van der Waals surface area contributed by atoms with Crippen molar-refractivity contribution in [2.75, 3.05) is 32.6 Å². The summed E-state index contributed by atoms with van der Waals surface area (Å²) in [5, 5.41) is 9.12. The van der Waals surface area contributed by atoms with Crippen LogP contribution in [0.4, 0.5) is 5.69 Å². The van der Waals surface area contributed by atoms with Crippen molar-refractivity contribution in [3.8, 4) is 11.5 Å². The number of rotatable bonds is 8. The van der Waals surface area contributed by atoms with Crippen LogP contribution in [0.3, 0.4) is 0 Å². The van der Waals surface area contributed by atoms with E-state index in [1.807, 2.05) is 39.0 Å². The topological polar surface area (TPSA) is 84.0 Å². The van der Waals surface area contributed by atoms with E-state index in [1.165, 1.54) is 0 Å². The third-order valence-electron chi connectivity index (χ3n) is 3.04.